The van der Waals surface area contributed by atoms with E-state index < -0.39 is 23.9 Å². The number of esters is 4. The van der Waals surface area contributed by atoms with Gasteiger partial charge in [0.2, 0.25) is 5.75 Å². The lowest BCUT2D eigenvalue weighted by atomic mass is 10.1. The Morgan fingerprint density at radius 1 is 0.585 bits per heavy atom. The summed E-state index contributed by atoms with van der Waals surface area (Å²) >= 11 is 0. The van der Waals surface area contributed by atoms with E-state index in [-0.39, 0.29) is 51.7 Å². The van der Waals surface area contributed by atoms with E-state index in [0.29, 0.717) is 6.42 Å². The zero-order chi connectivity index (χ0) is 29.2. The lowest BCUT2D eigenvalue weighted by Crippen LogP contribution is -2.18. The van der Waals surface area contributed by atoms with Gasteiger partial charge in [0, 0.05) is 5.56 Å². The molecule has 0 saturated heterocycles. The second-order valence-corrected chi connectivity index (χ2v) is 8.96. The van der Waals surface area contributed by atoms with Crippen molar-refractivity contribution >= 4 is 23.9 Å². The maximum absolute atomic E-state index is 13.1. The summed E-state index contributed by atoms with van der Waals surface area (Å²) in [5.74, 6) is -3.96. The standard InChI is InChI=1S/C33H28O8/c1-3-4-20-38-33(37)26-21-27(39-30(34)23-14-8-5-9-15-23)29(41-32(36)25-18-12-7-13-19-25)28(22(26)2)40-31(35)24-16-10-6-11-17-24/h5-19,21H,3-4,20H2,1-2H3. The molecule has 0 saturated carbocycles. The van der Waals surface area contributed by atoms with Crippen LogP contribution in [0.2, 0.25) is 0 Å². The van der Waals surface area contributed by atoms with E-state index in [1.165, 1.54) is 13.0 Å². The minimum Gasteiger partial charge on any atom is -0.462 e. The second-order valence-electron chi connectivity index (χ2n) is 8.96. The van der Waals surface area contributed by atoms with Gasteiger partial charge in [-0.2, -0.15) is 0 Å². The van der Waals surface area contributed by atoms with Gasteiger partial charge in [-0.3, -0.25) is 0 Å². The van der Waals surface area contributed by atoms with Crippen LogP contribution in [-0.2, 0) is 4.74 Å². The molecule has 0 unspecified atom stereocenters. The minimum atomic E-state index is -0.794. The van der Waals surface area contributed by atoms with Crippen LogP contribution in [0.15, 0.2) is 97.1 Å². The molecule has 8 nitrogen and oxygen atoms in total. The Balaban J connectivity index is 1.85. The summed E-state index contributed by atoms with van der Waals surface area (Å²) in [7, 11) is 0. The van der Waals surface area contributed by atoms with Crippen molar-refractivity contribution < 1.29 is 38.1 Å². The fourth-order valence-electron chi connectivity index (χ4n) is 3.79. The van der Waals surface area contributed by atoms with Crippen molar-refractivity contribution in [2.24, 2.45) is 0 Å². The summed E-state index contributed by atoms with van der Waals surface area (Å²) in [4.78, 5) is 52.4. The molecule has 0 aromatic heterocycles. The third kappa shape index (κ3) is 7.24. The van der Waals surface area contributed by atoms with Crippen LogP contribution in [0, 0.1) is 6.92 Å². The van der Waals surface area contributed by atoms with Crippen molar-refractivity contribution in [2.75, 3.05) is 6.61 Å². The Morgan fingerprint density at radius 2 is 1.02 bits per heavy atom. The first-order valence-electron chi connectivity index (χ1n) is 13.1. The van der Waals surface area contributed by atoms with Crippen LogP contribution < -0.4 is 14.2 Å². The van der Waals surface area contributed by atoms with Gasteiger partial charge in [0.15, 0.2) is 11.5 Å². The predicted molar refractivity (Wildman–Crippen MR) is 151 cm³/mol. The van der Waals surface area contributed by atoms with Gasteiger partial charge in [0.05, 0.1) is 28.9 Å². The fraction of sp³-hybridized carbons (Fsp3) is 0.152. The molecule has 8 heteroatoms. The van der Waals surface area contributed by atoms with Crippen molar-refractivity contribution in [3.63, 3.8) is 0 Å². The summed E-state index contributed by atoms with van der Waals surface area (Å²) in [6.45, 7) is 3.64. The van der Waals surface area contributed by atoms with Gasteiger partial charge in [0.25, 0.3) is 0 Å². The monoisotopic (exact) mass is 552 g/mol. The van der Waals surface area contributed by atoms with Crippen LogP contribution in [0.3, 0.4) is 0 Å². The SMILES string of the molecule is CCCCOC(=O)c1cc(OC(=O)c2ccccc2)c(OC(=O)c2ccccc2)c(OC(=O)c2ccccc2)c1C. The van der Waals surface area contributed by atoms with Gasteiger partial charge in [-0.25, -0.2) is 19.2 Å². The van der Waals surface area contributed by atoms with Gasteiger partial charge in [-0.05, 0) is 55.8 Å². The second kappa shape index (κ2) is 13.7. The lowest BCUT2D eigenvalue weighted by Gasteiger charge is -2.19. The molecule has 0 fully saturated rings. The van der Waals surface area contributed by atoms with Crippen molar-refractivity contribution in [1.29, 1.82) is 0 Å². The van der Waals surface area contributed by atoms with Crippen molar-refractivity contribution in [3.8, 4) is 17.2 Å². The highest BCUT2D eigenvalue weighted by atomic mass is 16.6. The average Bonchev–Trinajstić information content (AvgIpc) is 3.01. The highest BCUT2D eigenvalue weighted by Gasteiger charge is 2.29. The molecule has 4 rings (SSSR count). The fourth-order valence-corrected chi connectivity index (χ4v) is 3.79. The van der Waals surface area contributed by atoms with E-state index in [9.17, 15) is 19.2 Å². The van der Waals surface area contributed by atoms with E-state index in [2.05, 4.69) is 0 Å². The highest BCUT2D eigenvalue weighted by molar-refractivity contribution is 5.98. The minimum absolute atomic E-state index is 0.0210. The van der Waals surface area contributed by atoms with Gasteiger partial charge in [-0.1, -0.05) is 67.9 Å². The number of carbonyl (C=O) groups excluding carboxylic acids is 4. The zero-order valence-corrected chi connectivity index (χ0v) is 22.6. The molecule has 0 spiro atoms. The van der Waals surface area contributed by atoms with E-state index >= 15 is 0 Å². The Labute approximate surface area is 237 Å². The topological polar surface area (TPSA) is 105 Å². The van der Waals surface area contributed by atoms with Crippen molar-refractivity contribution in [1.82, 2.24) is 0 Å². The average molecular weight is 553 g/mol. The molecular formula is C33H28O8. The van der Waals surface area contributed by atoms with Crippen molar-refractivity contribution in [3.05, 3.63) is 125 Å². The van der Waals surface area contributed by atoms with Gasteiger partial charge < -0.3 is 18.9 Å². The molecule has 208 valence electrons. The van der Waals surface area contributed by atoms with Crippen LogP contribution >= 0.6 is 0 Å². The number of benzene rings is 4. The molecule has 0 N–H and O–H groups in total. The Bertz CT molecular complexity index is 1530. The summed E-state index contributed by atoms with van der Waals surface area (Å²) < 4.78 is 22.5. The maximum atomic E-state index is 13.1. The van der Waals surface area contributed by atoms with E-state index in [1.54, 1.807) is 91.0 Å². The van der Waals surface area contributed by atoms with E-state index in [1.807, 2.05) is 6.92 Å². The first-order chi connectivity index (χ1) is 19.9. The number of hydrogen-bond acceptors (Lipinski definition) is 8. The summed E-state index contributed by atoms with van der Waals surface area (Å²) in [6, 6.07) is 25.7. The molecule has 4 aromatic rings. The Hall–Kier alpha value is -5.24. The molecule has 0 aliphatic heterocycles. The third-order valence-electron chi connectivity index (χ3n) is 6.02. The molecule has 0 aliphatic rings. The number of rotatable bonds is 10. The van der Waals surface area contributed by atoms with Gasteiger partial charge >= 0.3 is 23.9 Å². The molecular weight excluding hydrogens is 524 g/mol. The van der Waals surface area contributed by atoms with Crippen molar-refractivity contribution in [2.45, 2.75) is 26.7 Å². The Morgan fingerprint density at radius 3 is 1.49 bits per heavy atom. The van der Waals surface area contributed by atoms with Crippen LogP contribution in [0.4, 0.5) is 0 Å². The summed E-state index contributed by atoms with van der Waals surface area (Å²) in [6.07, 6.45) is 1.45. The maximum Gasteiger partial charge on any atom is 0.343 e. The number of carbonyl (C=O) groups is 4. The molecule has 0 atom stereocenters. The summed E-state index contributed by atoms with van der Waals surface area (Å²) in [5, 5.41) is 0. The normalized spacial score (nSPS) is 10.4. The third-order valence-corrected chi connectivity index (χ3v) is 6.02. The highest BCUT2D eigenvalue weighted by Crippen LogP contribution is 2.43. The van der Waals surface area contributed by atoms with Gasteiger partial charge in [0.1, 0.15) is 0 Å². The van der Waals surface area contributed by atoms with Crippen LogP contribution in [0.1, 0.15) is 66.8 Å². The van der Waals surface area contributed by atoms with E-state index in [4.69, 9.17) is 18.9 Å². The lowest BCUT2D eigenvalue weighted by molar-refractivity contribution is 0.0494. The van der Waals surface area contributed by atoms with Gasteiger partial charge in [-0.15, -0.1) is 0 Å². The molecule has 0 radical (unpaired) electrons. The number of hydrogen-bond donors (Lipinski definition) is 0. The molecule has 0 amide bonds. The molecule has 41 heavy (non-hydrogen) atoms. The van der Waals surface area contributed by atoms with Crippen LogP contribution in [0.25, 0.3) is 0 Å². The number of unbranched alkanes of at least 4 members (excludes halogenated alkanes) is 1. The quantitative estimate of drug-likeness (QED) is 0.123. The summed E-state index contributed by atoms with van der Waals surface area (Å²) in [5.41, 5.74) is 0.765. The molecule has 0 heterocycles. The predicted octanol–water partition coefficient (Wildman–Crippen LogP) is 6.61. The molecule has 4 aromatic carbocycles. The molecule has 0 bridgehead atoms. The first kappa shape index (κ1) is 28.8. The molecule has 0 aliphatic carbocycles. The van der Waals surface area contributed by atoms with Crippen LogP contribution in [-0.4, -0.2) is 30.5 Å². The smallest absolute Gasteiger partial charge is 0.343 e. The zero-order valence-electron chi connectivity index (χ0n) is 22.6. The van der Waals surface area contributed by atoms with E-state index in [0.717, 1.165) is 6.42 Å². The largest absolute Gasteiger partial charge is 0.462 e. The first-order valence-corrected chi connectivity index (χ1v) is 13.1. The Kier molecular flexibility index (Phi) is 9.62. The van der Waals surface area contributed by atoms with Crippen LogP contribution in [0.5, 0.6) is 17.2 Å². The number of ether oxygens (including phenoxy) is 4.